The third-order valence-corrected chi connectivity index (χ3v) is 3.09. The summed E-state index contributed by atoms with van der Waals surface area (Å²) in [5.74, 6) is -0.185. The van der Waals surface area contributed by atoms with Crippen LogP contribution in [0.25, 0.3) is 11.1 Å². The molecule has 1 heterocycles. The van der Waals surface area contributed by atoms with Gasteiger partial charge in [0.1, 0.15) is 5.82 Å². The highest BCUT2D eigenvalue weighted by molar-refractivity contribution is 6.02. The van der Waals surface area contributed by atoms with Gasteiger partial charge in [0.2, 0.25) is 0 Å². The molecule has 0 saturated carbocycles. The summed E-state index contributed by atoms with van der Waals surface area (Å²) in [6.07, 6.45) is 4.09. The topological polar surface area (TPSA) is 30.0 Å². The predicted molar refractivity (Wildman–Crippen MR) is 62.3 cm³/mol. The van der Waals surface area contributed by atoms with Gasteiger partial charge in [0.25, 0.3) is 0 Å². The number of carbonyl (C=O) groups excluding carboxylic acids is 1. The molecular weight excluding hydrogens is 217 g/mol. The van der Waals surface area contributed by atoms with Crippen LogP contribution in [0.3, 0.4) is 0 Å². The van der Waals surface area contributed by atoms with Crippen LogP contribution >= 0.6 is 0 Å². The second kappa shape index (κ2) is 3.77. The number of carbonyl (C=O) groups is 1. The number of pyridine rings is 1. The Morgan fingerprint density at radius 2 is 1.94 bits per heavy atom. The molecule has 3 rings (SSSR count). The molecule has 2 nitrogen and oxygen atoms in total. The van der Waals surface area contributed by atoms with Crippen LogP contribution in [-0.4, -0.2) is 10.8 Å². The minimum Gasteiger partial charge on any atom is -0.294 e. The first-order valence-electron chi connectivity index (χ1n) is 5.52. The van der Waals surface area contributed by atoms with Gasteiger partial charge in [-0.3, -0.25) is 9.78 Å². The maximum atomic E-state index is 13.2. The van der Waals surface area contributed by atoms with Crippen molar-refractivity contribution in [3.63, 3.8) is 0 Å². The van der Waals surface area contributed by atoms with Gasteiger partial charge in [-0.15, -0.1) is 0 Å². The number of hydrogen-bond acceptors (Lipinski definition) is 2. The van der Waals surface area contributed by atoms with Gasteiger partial charge >= 0.3 is 0 Å². The van der Waals surface area contributed by atoms with Gasteiger partial charge in [0, 0.05) is 23.7 Å². The van der Waals surface area contributed by atoms with E-state index in [0.29, 0.717) is 6.42 Å². The number of hydrogen-bond donors (Lipinski definition) is 0. The zero-order valence-electron chi connectivity index (χ0n) is 9.11. The molecule has 1 aromatic heterocycles. The number of benzene rings is 1. The Morgan fingerprint density at radius 1 is 1.12 bits per heavy atom. The van der Waals surface area contributed by atoms with Crippen molar-refractivity contribution in [3.05, 3.63) is 53.6 Å². The molecule has 1 aliphatic carbocycles. The first-order valence-corrected chi connectivity index (χ1v) is 5.52. The molecule has 1 aromatic carbocycles. The standard InChI is InChI=1S/C14H10FNO/c15-10-6-9(7-16-8-10)11-2-1-3-13-12(11)4-5-14(13)17/h1-3,6-8H,4-5H2. The van der Waals surface area contributed by atoms with Gasteiger partial charge < -0.3 is 0 Å². The fraction of sp³-hybridized carbons (Fsp3) is 0.143. The maximum absolute atomic E-state index is 13.2. The first-order chi connectivity index (χ1) is 8.25. The van der Waals surface area contributed by atoms with Crippen LogP contribution in [-0.2, 0) is 6.42 Å². The largest absolute Gasteiger partial charge is 0.294 e. The van der Waals surface area contributed by atoms with Gasteiger partial charge in [-0.05, 0) is 23.6 Å². The molecule has 0 atom stereocenters. The van der Waals surface area contributed by atoms with E-state index in [0.717, 1.165) is 28.7 Å². The van der Waals surface area contributed by atoms with E-state index in [4.69, 9.17) is 0 Å². The third-order valence-electron chi connectivity index (χ3n) is 3.09. The van der Waals surface area contributed by atoms with E-state index >= 15 is 0 Å². The Kier molecular flexibility index (Phi) is 2.25. The normalized spacial score (nSPS) is 13.8. The summed E-state index contributed by atoms with van der Waals surface area (Å²) in [5.41, 5.74) is 3.44. The molecule has 3 heteroatoms. The minimum absolute atomic E-state index is 0.172. The molecule has 0 aliphatic heterocycles. The lowest BCUT2D eigenvalue weighted by atomic mass is 9.98. The molecule has 0 saturated heterocycles. The van der Waals surface area contributed by atoms with Crippen molar-refractivity contribution in [3.8, 4) is 11.1 Å². The fourth-order valence-corrected chi connectivity index (χ4v) is 2.32. The molecule has 17 heavy (non-hydrogen) atoms. The van der Waals surface area contributed by atoms with Crippen molar-refractivity contribution in [2.45, 2.75) is 12.8 Å². The Labute approximate surface area is 98.1 Å². The van der Waals surface area contributed by atoms with Gasteiger partial charge in [-0.2, -0.15) is 0 Å². The van der Waals surface area contributed by atoms with E-state index in [1.54, 1.807) is 6.20 Å². The molecule has 0 radical (unpaired) electrons. The van der Waals surface area contributed by atoms with E-state index in [2.05, 4.69) is 4.98 Å². The highest BCUT2D eigenvalue weighted by Gasteiger charge is 2.22. The molecular formula is C14H10FNO. The molecule has 0 amide bonds. The SMILES string of the molecule is O=C1CCc2c1cccc2-c1cncc(F)c1. The van der Waals surface area contributed by atoms with Crippen LogP contribution in [0.4, 0.5) is 4.39 Å². The van der Waals surface area contributed by atoms with Crippen LogP contribution in [0, 0.1) is 5.82 Å². The first kappa shape index (κ1) is 10.1. The van der Waals surface area contributed by atoms with Crippen molar-refractivity contribution in [1.29, 1.82) is 0 Å². The molecule has 0 bridgehead atoms. The van der Waals surface area contributed by atoms with Gasteiger partial charge in [0.05, 0.1) is 6.20 Å². The summed E-state index contributed by atoms with van der Waals surface area (Å²) in [7, 11) is 0. The van der Waals surface area contributed by atoms with E-state index in [-0.39, 0.29) is 11.6 Å². The number of fused-ring (bicyclic) bond motifs is 1. The summed E-state index contributed by atoms with van der Waals surface area (Å²) in [6, 6.07) is 7.03. The summed E-state index contributed by atoms with van der Waals surface area (Å²) in [5, 5.41) is 0. The monoisotopic (exact) mass is 227 g/mol. The van der Waals surface area contributed by atoms with Crippen molar-refractivity contribution < 1.29 is 9.18 Å². The van der Waals surface area contributed by atoms with E-state index < -0.39 is 0 Å². The van der Waals surface area contributed by atoms with Crippen LogP contribution < -0.4 is 0 Å². The Balaban J connectivity index is 2.20. The second-order valence-corrected chi connectivity index (χ2v) is 4.15. The highest BCUT2D eigenvalue weighted by atomic mass is 19.1. The predicted octanol–water partition coefficient (Wildman–Crippen LogP) is 3.02. The van der Waals surface area contributed by atoms with Crippen molar-refractivity contribution in [2.75, 3.05) is 0 Å². The van der Waals surface area contributed by atoms with Crippen LogP contribution in [0.5, 0.6) is 0 Å². The highest BCUT2D eigenvalue weighted by Crippen LogP contribution is 2.32. The summed E-state index contributed by atoms with van der Waals surface area (Å²) in [4.78, 5) is 15.5. The van der Waals surface area contributed by atoms with Gasteiger partial charge in [-0.1, -0.05) is 18.2 Å². The second-order valence-electron chi connectivity index (χ2n) is 4.15. The van der Waals surface area contributed by atoms with E-state index in [9.17, 15) is 9.18 Å². The molecule has 0 spiro atoms. The summed E-state index contributed by atoms with van der Waals surface area (Å²) >= 11 is 0. The lowest BCUT2D eigenvalue weighted by Gasteiger charge is -2.07. The van der Waals surface area contributed by atoms with Crippen LogP contribution in [0.15, 0.2) is 36.7 Å². The molecule has 1 aliphatic rings. The smallest absolute Gasteiger partial charge is 0.163 e. The summed E-state index contributed by atoms with van der Waals surface area (Å²) in [6.45, 7) is 0. The fourth-order valence-electron chi connectivity index (χ4n) is 2.32. The molecule has 0 fully saturated rings. The third kappa shape index (κ3) is 1.64. The number of nitrogens with zero attached hydrogens (tertiary/aromatic N) is 1. The number of Topliss-reactive ketones (excluding diaryl/α,β-unsaturated/α-hetero) is 1. The number of ketones is 1. The van der Waals surface area contributed by atoms with Gasteiger partial charge in [-0.25, -0.2) is 4.39 Å². The van der Waals surface area contributed by atoms with Crippen LogP contribution in [0.1, 0.15) is 22.3 Å². The lowest BCUT2D eigenvalue weighted by molar-refractivity contribution is 0.0994. The zero-order chi connectivity index (χ0) is 11.8. The van der Waals surface area contributed by atoms with Crippen LogP contribution in [0.2, 0.25) is 0 Å². The number of halogens is 1. The Bertz CT molecular complexity index is 607. The Morgan fingerprint density at radius 3 is 2.76 bits per heavy atom. The minimum atomic E-state index is -0.357. The van der Waals surface area contributed by atoms with Gasteiger partial charge in [0.15, 0.2) is 5.78 Å². The maximum Gasteiger partial charge on any atom is 0.163 e. The molecule has 0 N–H and O–H groups in total. The average molecular weight is 227 g/mol. The molecule has 84 valence electrons. The number of rotatable bonds is 1. The average Bonchev–Trinajstić information content (AvgIpc) is 2.71. The van der Waals surface area contributed by atoms with E-state index in [1.807, 2.05) is 18.2 Å². The number of aromatic nitrogens is 1. The van der Waals surface area contributed by atoms with E-state index in [1.165, 1.54) is 12.3 Å². The van der Waals surface area contributed by atoms with Crippen molar-refractivity contribution in [1.82, 2.24) is 4.98 Å². The lowest BCUT2D eigenvalue weighted by Crippen LogP contribution is -1.93. The van der Waals surface area contributed by atoms with Crippen molar-refractivity contribution in [2.24, 2.45) is 0 Å². The summed E-state index contributed by atoms with van der Waals surface area (Å²) < 4.78 is 13.2. The zero-order valence-corrected chi connectivity index (χ0v) is 9.11. The Hall–Kier alpha value is -2.03. The molecule has 2 aromatic rings. The molecule has 0 unspecified atom stereocenters. The van der Waals surface area contributed by atoms with Crippen molar-refractivity contribution >= 4 is 5.78 Å². The quantitative estimate of drug-likeness (QED) is 0.749.